The smallest absolute Gasteiger partial charge is 0.255 e. The Balaban J connectivity index is 1.46. The van der Waals surface area contributed by atoms with Gasteiger partial charge in [0.1, 0.15) is 0 Å². The molecule has 3 aromatic heterocycles. The van der Waals surface area contributed by atoms with Crippen molar-refractivity contribution in [3.05, 3.63) is 71.4 Å². The Hall–Kier alpha value is -3.10. The molecule has 1 aliphatic heterocycles. The van der Waals surface area contributed by atoms with Crippen LogP contribution in [0.2, 0.25) is 0 Å². The maximum atomic E-state index is 13.4. The molecule has 0 radical (unpaired) electrons. The number of morpholine rings is 1. The summed E-state index contributed by atoms with van der Waals surface area (Å²) in [6.07, 6.45) is 6.08. The van der Waals surface area contributed by atoms with Gasteiger partial charge in [0.15, 0.2) is 5.82 Å². The van der Waals surface area contributed by atoms with Crippen molar-refractivity contribution in [1.29, 1.82) is 0 Å². The van der Waals surface area contributed by atoms with E-state index in [4.69, 9.17) is 4.74 Å². The van der Waals surface area contributed by atoms with Crippen LogP contribution in [0.15, 0.2) is 48.9 Å². The number of hydrogen-bond acceptors (Lipinski definition) is 6. The predicted octanol–water partition coefficient (Wildman–Crippen LogP) is 2.64. The highest BCUT2D eigenvalue weighted by molar-refractivity contribution is 5.94. The fourth-order valence-electron chi connectivity index (χ4n) is 3.95. The maximum absolute atomic E-state index is 13.4. The molecule has 0 saturated carbocycles. The minimum atomic E-state index is -0.0174. The molecule has 0 unspecified atom stereocenters. The Bertz CT molecular complexity index is 1010. The number of carbonyl (C=O) groups is 1. The van der Waals surface area contributed by atoms with Crippen molar-refractivity contribution in [2.24, 2.45) is 0 Å². The van der Waals surface area contributed by atoms with Crippen LogP contribution in [-0.4, -0.2) is 74.8 Å². The maximum Gasteiger partial charge on any atom is 0.255 e. The first-order chi connectivity index (χ1) is 15.6. The monoisotopic (exact) mass is 434 g/mol. The zero-order valence-electron chi connectivity index (χ0n) is 18.8. The number of aromatic nitrogens is 4. The van der Waals surface area contributed by atoms with Crippen LogP contribution >= 0.6 is 0 Å². The first-order valence-corrected chi connectivity index (χ1v) is 11.1. The molecule has 3 aromatic rings. The van der Waals surface area contributed by atoms with E-state index in [1.54, 1.807) is 23.3 Å². The van der Waals surface area contributed by atoms with E-state index in [1.165, 1.54) is 0 Å². The first-order valence-electron chi connectivity index (χ1n) is 11.1. The molecule has 0 N–H and O–H groups in total. The minimum Gasteiger partial charge on any atom is -0.379 e. The summed E-state index contributed by atoms with van der Waals surface area (Å²) < 4.78 is 7.22. The SMILES string of the molecule is Cc1cc(C)n(-c2ccc(C(=O)N(CCCN3CCOCC3)Cc3ccncc3)cn2)n1. The summed E-state index contributed by atoms with van der Waals surface area (Å²) in [5, 5.41) is 4.47. The van der Waals surface area contributed by atoms with Crippen LogP contribution in [-0.2, 0) is 11.3 Å². The molecule has 168 valence electrons. The van der Waals surface area contributed by atoms with Gasteiger partial charge in [-0.2, -0.15) is 5.10 Å². The lowest BCUT2D eigenvalue weighted by Gasteiger charge is -2.28. The first kappa shape index (κ1) is 22.1. The third kappa shape index (κ3) is 5.57. The molecule has 0 aromatic carbocycles. The van der Waals surface area contributed by atoms with E-state index in [1.807, 2.05) is 49.1 Å². The molecule has 4 heterocycles. The number of amides is 1. The lowest BCUT2D eigenvalue weighted by molar-refractivity contribution is 0.0355. The third-order valence-corrected chi connectivity index (χ3v) is 5.64. The van der Waals surface area contributed by atoms with Gasteiger partial charge in [-0.1, -0.05) is 0 Å². The van der Waals surface area contributed by atoms with Crippen molar-refractivity contribution in [2.75, 3.05) is 39.4 Å². The number of pyridine rings is 2. The number of nitrogens with zero attached hydrogens (tertiary/aromatic N) is 6. The van der Waals surface area contributed by atoms with Crippen molar-refractivity contribution in [1.82, 2.24) is 29.5 Å². The van der Waals surface area contributed by atoms with Gasteiger partial charge in [0.05, 0.1) is 24.5 Å². The van der Waals surface area contributed by atoms with Gasteiger partial charge in [-0.25, -0.2) is 9.67 Å². The average Bonchev–Trinajstić information content (AvgIpc) is 3.17. The molecule has 0 atom stereocenters. The Morgan fingerprint density at radius 2 is 1.91 bits per heavy atom. The molecular formula is C24H30N6O2. The molecule has 0 spiro atoms. The van der Waals surface area contributed by atoms with E-state index >= 15 is 0 Å². The second-order valence-corrected chi connectivity index (χ2v) is 8.13. The molecule has 1 amide bonds. The largest absolute Gasteiger partial charge is 0.379 e. The Kier molecular flexibility index (Phi) is 7.24. The summed E-state index contributed by atoms with van der Waals surface area (Å²) in [5.41, 5.74) is 3.59. The molecule has 32 heavy (non-hydrogen) atoms. The number of carbonyl (C=O) groups excluding carboxylic acids is 1. The van der Waals surface area contributed by atoms with Crippen LogP contribution in [0.4, 0.5) is 0 Å². The highest BCUT2D eigenvalue weighted by atomic mass is 16.5. The quantitative estimate of drug-likeness (QED) is 0.543. The van der Waals surface area contributed by atoms with Crippen LogP contribution in [0.25, 0.3) is 5.82 Å². The summed E-state index contributed by atoms with van der Waals surface area (Å²) in [7, 11) is 0. The number of ether oxygens (including phenoxy) is 1. The highest BCUT2D eigenvalue weighted by Crippen LogP contribution is 2.14. The van der Waals surface area contributed by atoms with E-state index in [2.05, 4.69) is 20.0 Å². The van der Waals surface area contributed by atoms with Crippen LogP contribution < -0.4 is 0 Å². The van der Waals surface area contributed by atoms with Gasteiger partial charge in [-0.05, 0) is 56.2 Å². The van der Waals surface area contributed by atoms with Crippen LogP contribution in [0.5, 0.6) is 0 Å². The van der Waals surface area contributed by atoms with Crippen LogP contribution in [0.1, 0.15) is 33.7 Å². The Morgan fingerprint density at radius 3 is 2.56 bits per heavy atom. The van der Waals surface area contributed by atoms with E-state index in [0.717, 1.165) is 56.2 Å². The van der Waals surface area contributed by atoms with Crippen molar-refractivity contribution < 1.29 is 9.53 Å². The zero-order chi connectivity index (χ0) is 22.3. The standard InChI is InChI=1S/C24H30N6O2/c1-19-16-20(2)30(27-19)23-5-4-22(17-26-23)24(31)29(18-21-6-8-25-9-7-21)11-3-10-28-12-14-32-15-13-28/h4-9,16-17H,3,10-15,18H2,1-2H3. The average molecular weight is 435 g/mol. The Labute approximate surface area is 188 Å². The lowest BCUT2D eigenvalue weighted by atomic mass is 10.2. The van der Waals surface area contributed by atoms with Crippen molar-refractivity contribution in [3.63, 3.8) is 0 Å². The van der Waals surface area contributed by atoms with Gasteiger partial charge in [-0.3, -0.25) is 14.7 Å². The zero-order valence-corrected chi connectivity index (χ0v) is 18.8. The normalized spacial score (nSPS) is 14.4. The van der Waals surface area contributed by atoms with Crippen molar-refractivity contribution in [3.8, 4) is 5.82 Å². The van der Waals surface area contributed by atoms with E-state index < -0.39 is 0 Å². The topological polar surface area (TPSA) is 76.4 Å². The molecular weight excluding hydrogens is 404 g/mol. The molecule has 8 heteroatoms. The van der Waals surface area contributed by atoms with Gasteiger partial charge in [0.25, 0.3) is 5.91 Å². The fourth-order valence-corrected chi connectivity index (χ4v) is 3.95. The van der Waals surface area contributed by atoms with E-state index in [0.29, 0.717) is 24.5 Å². The molecule has 1 saturated heterocycles. The number of aryl methyl sites for hydroxylation is 2. The second kappa shape index (κ2) is 10.5. The van der Waals surface area contributed by atoms with Crippen LogP contribution in [0.3, 0.4) is 0 Å². The van der Waals surface area contributed by atoms with Gasteiger partial charge in [0.2, 0.25) is 0 Å². The van der Waals surface area contributed by atoms with E-state index in [9.17, 15) is 4.79 Å². The van der Waals surface area contributed by atoms with Crippen LogP contribution in [0, 0.1) is 13.8 Å². The van der Waals surface area contributed by atoms with E-state index in [-0.39, 0.29) is 5.91 Å². The molecule has 8 nitrogen and oxygen atoms in total. The number of rotatable bonds is 8. The highest BCUT2D eigenvalue weighted by Gasteiger charge is 2.18. The van der Waals surface area contributed by atoms with Crippen molar-refractivity contribution in [2.45, 2.75) is 26.8 Å². The Morgan fingerprint density at radius 1 is 1.12 bits per heavy atom. The molecule has 1 aliphatic rings. The molecule has 0 bridgehead atoms. The molecule has 4 rings (SSSR count). The molecule has 0 aliphatic carbocycles. The van der Waals surface area contributed by atoms with Gasteiger partial charge < -0.3 is 9.64 Å². The predicted molar refractivity (Wildman–Crippen MR) is 122 cm³/mol. The van der Waals surface area contributed by atoms with Gasteiger partial charge in [-0.15, -0.1) is 0 Å². The van der Waals surface area contributed by atoms with Crippen molar-refractivity contribution >= 4 is 5.91 Å². The molecule has 1 fully saturated rings. The van der Waals surface area contributed by atoms with Gasteiger partial charge >= 0.3 is 0 Å². The summed E-state index contributed by atoms with van der Waals surface area (Å²) in [4.78, 5) is 26.2. The van der Waals surface area contributed by atoms with Gasteiger partial charge in [0, 0.05) is 57.0 Å². The summed E-state index contributed by atoms with van der Waals surface area (Å²) in [6, 6.07) is 9.60. The fraction of sp³-hybridized carbons (Fsp3) is 0.417. The summed E-state index contributed by atoms with van der Waals surface area (Å²) in [5.74, 6) is 0.691. The second-order valence-electron chi connectivity index (χ2n) is 8.13. The minimum absolute atomic E-state index is 0.0174. The lowest BCUT2D eigenvalue weighted by Crippen LogP contribution is -2.39. The number of hydrogen-bond donors (Lipinski definition) is 0. The summed E-state index contributed by atoms with van der Waals surface area (Å²) >= 11 is 0. The summed E-state index contributed by atoms with van der Waals surface area (Å²) in [6.45, 7) is 9.60. The third-order valence-electron chi connectivity index (χ3n) is 5.64.